The van der Waals surface area contributed by atoms with E-state index < -0.39 is 35.0 Å². The molecule has 1 heterocycles. The number of ketones is 2. The van der Waals surface area contributed by atoms with E-state index in [9.17, 15) is 14.7 Å². The second kappa shape index (κ2) is 12.8. The van der Waals surface area contributed by atoms with Crippen molar-refractivity contribution in [3.8, 4) is 11.5 Å². The van der Waals surface area contributed by atoms with Crippen LogP contribution in [0.4, 0.5) is 5.69 Å². The molecule has 4 aromatic carbocycles. The molecule has 0 unspecified atom stereocenters. The lowest BCUT2D eigenvalue weighted by Crippen LogP contribution is -2.59. The highest BCUT2D eigenvalue weighted by Gasteiger charge is 2.66. The number of aromatic hydroxyl groups is 1. The molecule has 1 N–H and O–H groups in total. The lowest BCUT2D eigenvalue weighted by Gasteiger charge is -2.55. The third kappa shape index (κ3) is 5.00. The summed E-state index contributed by atoms with van der Waals surface area (Å²) < 4.78 is 7.27. The molecule has 256 valence electrons. The number of phenolic OH excluding ortho intramolecular Hbond substituents is 1. The minimum Gasteiger partial charge on any atom is -0.503 e. The van der Waals surface area contributed by atoms with Crippen LogP contribution in [0.5, 0.6) is 11.5 Å². The highest BCUT2D eigenvalue weighted by molar-refractivity contribution is 9.13. The van der Waals surface area contributed by atoms with Crippen molar-refractivity contribution < 1.29 is 29.0 Å². The zero-order chi connectivity index (χ0) is 35.8. The molecule has 1 saturated carbocycles. The number of methoxy groups -OCH3 is 1. The number of carbonyl (C=O) groups excluding carboxylic acids is 4. The van der Waals surface area contributed by atoms with Gasteiger partial charge in [-0.1, -0.05) is 88.2 Å². The molecular weight excluding hydrogens is 842 g/mol. The second-order valence-corrected chi connectivity index (χ2v) is 15.9. The maximum absolute atomic E-state index is 15.3. The van der Waals surface area contributed by atoms with Gasteiger partial charge in [0.1, 0.15) is 0 Å². The number of ether oxygens (including phenoxy) is 1. The van der Waals surface area contributed by atoms with Crippen molar-refractivity contribution in [2.45, 2.75) is 24.2 Å². The van der Waals surface area contributed by atoms with Crippen molar-refractivity contribution in [2.24, 2.45) is 23.7 Å². The number of amides is 2. The largest absolute Gasteiger partial charge is 0.503 e. The SMILES string of the molecule is COc1cc([C@H]2C3=CC[C@@H]4C(=O)N(c5ccc(Br)cc5)C(=O)[C@@H]4[C@@H]3C[C@H]3C(=O)C(c4ccccc4)=CC(=O)[C@@]23c2ccccc2)c(Br)c(Br)c1O. The predicted molar refractivity (Wildman–Crippen MR) is 203 cm³/mol. The minimum absolute atomic E-state index is 0.123. The molecule has 10 heteroatoms. The van der Waals surface area contributed by atoms with Gasteiger partial charge in [0.2, 0.25) is 11.8 Å². The Morgan fingerprint density at radius 1 is 0.824 bits per heavy atom. The topological polar surface area (TPSA) is 101 Å². The monoisotopic (exact) mass is 869 g/mol. The van der Waals surface area contributed by atoms with E-state index in [2.05, 4.69) is 47.8 Å². The minimum atomic E-state index is -1.42. The highest BCUT2D eigenvalue weighted by atomic mass is 79.9. The summed E-state index contributed by atoms with van der Waals surface area (Å²) >= 11 is 10.7. The van der Waals surface area contributed by atoms with Crippen LogP contribution in [0.15, 0.2) is 122 Å². The smallest absolute Gasteiger partial charge is 0.238 e. The summed E-state index contributed by atoms with van der Waals surface area (Å²) in [5.41, 5.74) is 2.12. The van der Waals surface area contributed by atoms with Gasteiger partial charge in [-0.2, -0.15) is 0 Å². The molecule has 8 rings (SSSR count). The summed E-state index contributed by atoms with van der Waals surface area (Å²) in [6.45, 7) is 0. The highest BCUT2D eigenvalue weighted by Crippen LogP contribution is 2.65. The quantitative estimate of drug-likeness (QED) is 0.159. The number of carbonyl (C=O) groups is 4. The van der Waals surface area contributed by atoms with E-state index in [0.29, 0.717) is 43.3 Å². The summed E-state index contributed by atoms with van der Waals surface area (Å²) in [4.78, 5) is 60.3. The summed E-state index contributed by atoms with van der Waals surface area (Å²) in [5, 5.41) is 11.0. The van der Waals surface area contributed by atoms with Gasteiger partial charge in [0.05, 0.1) is 34.5 Å². The van der Waals surface area contributed by atoms with Crippen molar-refractivity contribution in [3.05, 3.63) is 139 Å². The van der Waals surface area contributed by atoms with Gasteiger partial charge in [0.15, 0.2) is 23.1 Å². The van der Waals surface area contributed by atoms with Gasteiger partial charge in [-0.05, 0) is 104 Å². The first-order valence-corrected chi connectivity index (χ1v) is 19.0. The molecule has 1 saturated heterocycles. The fourth-order valence-corrected chi connectivity index (χ4v) is 10.3. The number of halogens is 3. The molecule has 6 atom stereocenters. The lowest BCUT2D eigenvalue weighted by molar-refractivity contribution is -0.135. The molecular formula is C41H30Br3NO6. The Morgan fingerprint density at radius 2 is 1.49 bits per heavy atom. The van der Waals surface area contributed by atoms with E-state index in [1.165, 1.54) is 18.1 Å². The van der Waals surface area contributed by atoms with Crippen molar-refractivity contribution in [1.29, 1.82) is 0 Å². The molecule has 4 aliphatic rings. The molecule has 3 aliphatic carbocycles. The first-order chi connectivity index (χ1) is 24.6. The zero-order valence-corrected chi connectivity index (χ0v) is 31.9. The van der Waals surface area contributed by atoms with Crippen LogP contribution < -0.4 is 9.64 Å². The van der Waals surface area contributed by atoms with Crippen molar-refractivity contribution in [3.63, 3.8) is 0 Å². The van der Waals surface area contributed by atoms with Gasteiger partial charge in [0, 0.05) is 26.4 Å². The van der Waals surface area contributed by atoms with Crippen LogP contribution in [-0.4, -0.2) is 35.6 Å². The Morgan fingerprint density at radius 3 is 2.16 bits per heavy atom. The average molecular weight is 872 g/mol. The molecule has 0 aromatic heterocycles. The number of anilines is 1. The number of rotatable bonds is 5. The number of hydrogen-bond acceptors (Lipinski definition) is 6. The van der Waals surface area contributed by atoms with Crippen molar-refractivity contribution >= 4 is 82.4 Å². The van der Waals surface area contributed by atoms with Crippen LogP contribution in [0.3, 0.4) is 0 Å². The van der Waals surface area contributed by atoms with Crippen LogP contribution in [0.25, 0.3) is 5.57 Å². The third-order valence-electron chi connectivity index (χ3n) is 11.2. The van der Waals surface area contributed by atoms with Gasteiger partial charge in [0.25, 0.3) is 0 Å². The summed E-state index contributed by atoms with van der Waals surface area (Å²) in [6, 6.07) is 27.3. The standard InChI is InChI=1S/C41H30Br3NO6/c1-51-31-19-29(35(43)36(44)38(31)48)34-25-16-17-26-33(40(50)45(39(26)49)24-14-12-23(42)13-15-24)28(25)18-30-37(47)27(21-8-4-2-5-9-21)20-32(46)41(30,34)22-10-6-3-7-11-22/h2-16,19-20,26,28,30,33-34,48H,17-18H2,1H3/t26-,28+,30-,33-,34+,41-/m0/s1. The maximum Gasteiger partial charge on any atom is 0.238 e. The molecule has 0 spiro atoms. The fourth-order valence-electron chi connectivity index (χ4n) is 9.04. The van der Waals surface area contributed by atoms with E-state index >= 15 is 9.59 Å². The van der Waals surface area contributed by atoms with Crippen LogP contribution in [0.1, 0.15) is 35.4 Å². The first kappa shape index (κ1) is 34.0. The van der Waals surface area contributed by atoms with Crippen LogP contribution >= 0.6 is 47.8 Å². The first-order valence-electron chi connectivity index (χ1n) is 16.6. The number of allylic oxidation sites excluding steroid dienone is 4. The van der Waals surface area contributed by atoms with Gasteiger partial charge in [-0.15, -0.1) is 0 Å². The number of hydrogen-bond donors (Lipinski definition) is 1. The number of phenols is 1. The lowest BCUT2D eigenvalue weighted by atomic mass is 9.44. The van der Waals surface area contributed by atoms with E-state index in [-0.39, 0.29) is 41.3 Å². The number of imide groups is 1. The maximum atomic E-state index is 15.3. The van der Waals surface area contributed by atoms with Gasteiger partial charge < -0.3 is 9.84 Å². The Hall–Kier alpha value is -4.12. The van der Waals surface area contributed by atoms with Crippen LogP contribution in [-0.2, 0) is 24.6 Å². The summed E-state index contributed by atoms with van der Waals surface area (Å²) in [6.07, 6.45) is 3.98. The molecule has 1 aliphatic heterocycles. The zero-order valence-electron chi connectivity index (χ0n) is 27.2. The van der Waals surface area contributed by atoms with Crippen LogP contribution in [0, 0.1) is 23.7 Å². The normalized spacial score (nSPS) is 27.0. The van der Waals surface area contributed by atoms with E-state index in [1.54, 1.807) is 30.3 Å². The molecule has 4 aromatic rings. The van der Waals surface area contributed by atoms with Crippen LogP contribution in [0.2, 0.25) is 0 Å². The van der Waals surface area contributed by atoms with E-state index in [0.717, 1.165) is 10.0 Å². The Labute approximate surface area is 319 Å². The fraction of sp³-hybridized carbons (Fsp3) is 0.220. The predicted octanol–water partition coefficient (Wildman–Crippen LogP) is 8.72. The molecule has 0 bridgehead atoms. The molecule has 2 amide bonds. The number of nitrogens with zero attached hydrogens (tertiary/aromatic N) is 1. The molecule has 51 heavy (non-hydrogen) atoms. The van der Waals surface area contributed by atoms with Gasteiger partial charge in [-0.25, -0.2) is 0 Å². The summed E-state index contributed by atoms with van der Waals surface area (Å²) in [7, 11) is 1.45. The Balaban J connectivity index is 1.40. The van der Waals surface area contributed by atoms with Gasteiger partial charge in [-0.3, -0.25) is 24.1 Å². The molecule has 0 radical (unpaired) electrons. The van der Waals surface area contributed by atoms with E-state index in [4.69, 9.17) is 4.74 Å². The van der Waals surface area contributed by atoms with E-state index in [1.807, 2.05) is 66.7 Å². The summed E-state index contributed by atoms with van der Waals surface area (Å²) in [5.74, 6) is -4.53. The van der Waals surface area contributed by atoms with Crippen molar-refractivity contribution in [2.75, 3.05) is 12.0 Å². The molecule has 7 nitrogen and oxygen atoms in total. The average Bonchev–Trinajstić information content (AvgIpc) is 3.41. The Kier molecular flexibility index (Phi) is 8.55. The second-order valence-electron chi connectivity index (χ2n) is 13.4. The van der Waals surface area contributed by atoms with Crippen molar-refractivity contribution in [1.82, 2.24) is 0 Å². The number of benzene rings is 4. The Bertz CT molecular complexity index is 2200. The number of Topliss-reactive ketones (excluding diaryl/α,β-unsaturated/α-hetero) is 1. The molecule has 2 fully saturated rings. The number of fused-ring (bicyclic) bond motifs is 4. The van der Waals surface area contributed by atoms with Gasteiger partial charge >= 0.3 is 0 Å². The third-order valence-corrected chi connectivity index (χ3v) is 13.9.